The van der Waals surface area contributed by atoms with E-state index < -0.39 is 0 Å². The van der Waals surface area contributed by atoms with Gasteiger partial charge in [-0.25, -0.2) is 0 Å². The molecule has 5 heteroatoms. The van der Waals surface area contributed by atoms with Crippen LogP contribution in [0.25, 0.3) is 0 Å². The third kappa shape index (κ3) is 3.91. The molecule has 0 aliphatic heterocycles. The highest BCUT2D eigenvalue weighted by Crippen LogP contribution is 2.34. The Labute approximate surface area is 107 Å². The molecule has 0 aliphatic carbocycles. The first-order chi connectivity index (χ1) is 8.70. The molecule has 0 bridgehead atoms. The number of hydrogen-bond acceptors (Lipinski definition) is 4. The number of nitrogens with one attached hydrogen (secondary N) is 1. The van der Waals surface area contributed by atoms with Crippen molar-refractivity contribution in [2.45, 2.75) is 33.1 Å². The zero-order valence-electron chi connectivity index (χ0n) is 10.9. The minimum absolute atomic E-state index is 0.0297. The van der Waals surface area contributed by atoms with Gasteiger partial charge in [0.05, 0.1) is 11.5 Å². The van der Waals surface area contributed by atoms with Crippen molar-refractivity contribution in [3.63, 3.8) is 0 Å². The number of nitro benzene ring substituents is 1. The number of unbranched alkanes of at least 4 members (excludes halogenated alkanes) is 1. The molecule has 5 nitrogen and oxygen atoms in total. The number of ether oxygens (including phenoxy) is 1. The van der Waals surface area contributed by atoms with Crippen molar-refractivity contribution in [3.05, 3.63) is 28.3 Å². The minimum Gasteiger partial charge on any atom is -0.487 e. The number of benzene rings is 1. The summed E-state index contributed by atoms with van der Waals surface area (Å²) in [4.78, 5) is 10.7. The highest BCUT2D eigenvalue weighted by molar-refractivity contribution is 5.68. The van der Waals surface area contributed by atoms with Crippen molar-refractivity contribution in [1.82, 2.24) is 0 Å². The summed E-state index contributed by atoms with van der Waals surface area (Å²) in [5.41, 5.74) is 0.559. The van der Waals surface area contributed by atoms with Crippen LogP contribution < -0.4 is 10.1 Å². The Bertz CT molecular complexity index is 394. The maximum Gasteiger partial charge on any atom is 0.333 e. The van der Waals surface area contributed by atoms with Crippen LogP contribution in [0.2, 0.25) is 0 Å². The van der Waals surface area contributed by atoms with Gasteiger partial charge in [0.1, 0.15) is 5.69 Å². The maximum atomic E-state index is 11.1. The molecule has 1 aromatic rings. The Morgan fingerprint density at radius 2 is 2.11 bits per heavy atom. The highest BCUT2D eigenvalue weighted by atomic mass is 16.6. The number of rotatable bonds is 8. The molecule has 0 unspecified atom stereocenters. The largest absolute Gasteiger partial charge is 0.487 e. The van der Waals surface area contributed by atoms with Crippen molar-refractivity contribution in [2.75, 3.05) is 18.5 Å². The molecule has 1 aromatic carbocycles. The van der Waals surface area contributed by atoms with Crippen LogP contribution in [0, 0.1) is 10.1 Å². The summed E-state index contributed by atoms with van der Waals surface area (Å²) in [5.74, 6) is 0.336. The van der Waals surface area contributed by atoms with Gasteiger partial charge in [-0.3, -0.25) is 10.1 Å². The smallest absolute Gasteiger partial charge is 0.333 e. The van der Waals surface area contributed by atoms with Crippen molar-refractivity contribution in [1.29, 1.82) is 0 Å². The van der Waals surface area contributed by atoms with Gasteiger partial charge in [0, 0.05) is 6.54 Å². The summed E-state index contributed by atoms with van der Waals surface area (Å²) in [6, 6.07) is 5.12. The van der Waals surface area contributed by atoms with Crippen molar-refractivity contribution < 1.29 is 9.66 Å². The zero-order valence-corrected chi connectivity index (χ0v) is 10.9. The predicted molar refractivity (Wildman–Crippen MR) is 72.3 cm³/mol. The number of nitro groups is 1. The Morgan fingerprint density at radius 3 is 2.72 bits per heavy atom. The molecule has 0 fully saturated rings. The van der Waals surface area contributed by atoms with E-state index in [1.807, 2.05) is 6.92 Å². The SMILES string of the molecule is CCCCNc1cccc(OCCC)c1[N+](=O)[O-]. The van der Waals surface area contributed by atoms with E-state index in [1.165, 1.54) is 0 Å². The molecule has 0 saturated heterocycles. The molecule has 0 atom stereocenters. The Hall–Kier alpha value is -1.78. The second kappa shape index (κ2) is 7.53. The van der Waals surface area contributed by atoms with E-state index in [1.54, 1.807) is 18.2 Å². The lowest BCUT2D eigenvalue weighted by Crippen LogP contribution is -2.06. The van der Waals surface area contributed by atoms with Crippen molar-refractivity contribution in [3.8, 4) is 5.75 Å². The third-order valence-electron chi connectivity index (χ3n) is 2.49. The molecule has 0 aliphatic rings. The van der Waals surface area contributed by atoms with Gasteiger partial charge in [0.15, 0.2) is 5.75 Å². The second-order valence-corrected chi connectivity index (χ2v) is 4.04. The molecule has 0 radical (unpaired) electrons. The Morgan fingerprint density at radius 1 is 1.33 bits per heavy atom. The fraction of sp³-hybridized carbons (Fsp3) is 0.538. The van der Waals surface area contributed by atoms with Crippen LogP contribution in [-0.2, 0) is 0 Å². The Balaban J connectivity index is 2.90. The average molecular weight is 252 g/mol. The van der Waals surface area contributed by atoms with Gasteiger partial charge < -0.3 is 10.1 Å². The molecule has 0 spiro atoms. The highest BCUT2D eigenvalue weighted by Gasteiger charge is 2.20. The summed E-state index contributed by atoms with van der Waals surface area (Å²) >= 11 is 0. The standard InChI is InChI=1S/C13H20N2O3/c1-3-5-9-14-11-7-6-8-12(18-10-4-2)13(11)15(16)17/h6-8,14H,3-5,9-10H2,1-2H3. The summed E-state index contributed by atoms with van der Waals surface area (Å²) in [5, 5.41) is 14.2. The lowest BCUT2D eigenvalue weighted by Gasteiger charge is -2.10. The lowest BCUT2D eigenvalue weighted by atomic mass is 10.2. The monoisotopic (exact) mass is 252 g/mol. The van der Waals surface area contributed by atoms with Gasteiger partial charge in [-0.2, -0.15) is 0 Å². The molecule has 0 saturated carbocycles. The first-order valence-corrected chi connectivity index (χ1v) is 6.34. The first kappa shape index (κ1) is 14.3. The summed E-state index contributed by atoms with van der Waals surface area (Å²) in [6.45, 7) is 5.26. The number of anilines is 1. The Kier molecular flexibility index (Phi) is 5.97. The van der Waals surface area contributed by atoms with E-state index in [4.69, 9.17) is 4.74 Å². The number of nitrogens with zero attached hydrogens (tertiary/aromatic N) is 1. The van der Waals surface area contributed by atoms with E-state index >= 15 is 0 Å². The maximum absolute atomic E-state index is 11.1. The van der Waals surface area contributed by atoms with E-state index in [0.29, 0.717) is 18.0 Å². The van der Waals surface area contributed by atoms with Gasteiger partial charge in [-0.1, -0.05) is 26.3 Å². The molecular formula is C13H20N2O3. The quantitative estimate of drug-likeness (QED) is 0.436. The van der Waals surface area contributed by atoms with Crippen LogP contribution in [0.3, 0.4) is 0 Å². The first-order valence-electron chi connectivity index (χ1n) is 6.34. The van der Waals surface area contributed by atoms with E-state index in [9.17, 15) is 10.1 Å². The molecule has 1 N–H and O–H groups in total. The van der Waals surface area contributed by atoms with Crippen molar-refractivity contribution in [2.24, 2.45) is 0 Å². The fourth-order valence-electron chi connectivity index (χ4n) is 1.58. The van der Waals surface area contributed by atoms with Gasteiger partial charge in [-0.05, 0) is 25.0 Å². The second-order valence-electron chi connectivity index (χ2n) is 4.04. The van der Waals surface area contributed by atoms with Gasteiger partial charge in [0.25, 0.3) is 0 Å². The van der Waals surface area contributed by atoms with Crippen LogP contribution in [0.4, 0.5) is 11.4 Å². The van der Waals surface area contributed by atoms with Gasteiger partial charge in [0.2, 0.25) is 0 Å². The summed E-state index contributed by atoms with van der Waals surface area (Å²) in [6.07, 6.45) is 2.86. The van der Waals surface area contributed by atoms with Crippen LogP contribution in [0.5, 0.6) is 5.75 Å². The average Bonchev–Trinajstić information content (AvgIpc) is 2.36. The predicted octanol–water partition coefficient (Wildman–Crippen LogP) is 3.60. The van der Waals surface area contributed by atoms with Crippen LogP contribution >= 0.6 is 0 Å². The normalized spacial score (nSPS) is 10.1. The lowest BCUT2D eigenvalue weighted by molar-refractivity contribution is -0.385. The fourth-order valence-corrected chi connectivity index (χ4v) is 1.58. The van der Waals surface area contributed by atoms with E-state index in [2.05, 4.69) is 12.2 Å². The minimum atomic E-state index is -0.390. The van der Waals surface area contributed by atoms with Gasteiger partial charge >= 0.3 is 5.69 Å². The van der Waals surface area contributed by atoms with E-state index in [0.717, 1.165) is 25.8 Å². The van der Waals surface area contributed by atoms with Crippen LogP contribution in [0.15, 0.2) is 18.2 Å². The molecule has 1 rings (SSSR count). The molecule has 0 aromatic heterocycles. The molecule has 18 heavy (non-hydrogen) atoms. The summed E-state index contributed by atoms with van der Waals surface area (Å²) in [7, 11) is 0. The van der Waals surface area contributed by atoms with Crippen LogP contribution in [-0.4, -0.2) is 18.1 Å². The zero-order chi connectivity index (χ0) is 13.4. The summed E-state index contributed by atoms with van der Waals surface area (Å²) < 4.78 is 5.41. The molecular weight excluding hydrogens is 232 g/mol. The van der Waals surface area contributed by atoms with Crippen LogP contribution in [0.1, 0.15) is 33.1 Å². The molecule has 100 valence electrons. The van der Waals surface area contributed by atoms with E-state index in [-0.39, 0.29) is 10.6 Å². The molecule has 0 amide bonds. The molecule has 0 heterocycles. The van der Waals surface area contributed by atoms with Crippen molar-refractivity contribution >= 4 is 11.4 Å². The third-order valence-corrected chi connectivity index (χ3v) is 2.49. The van der Waals surface area contributed by atoms with Gasteiger partial charge in [-0.15, -0.1) is 0 Å². The number of hydrogen-bond donors (Lipinski definition) is 1. The topological polar surface area (TPSA) is 64.4 Å². The number of para-hydroxylation sites is 1.